The van der Waals surface area contributed by atoms with Crippen molar-refractivity contribution in [3.63, 3.8) is 0 Å². The minimum absolute atomic E-state index is 0.0255. The highest BCUT2D eigenvalue weighted by Crippen LogP contribution is 2.28. The Hall–Kier alpha value is -2.06. The maximum absolute atomic E-state index is 10.9. The van der Waals surface area contributed by atoms with Gasteiger partial charge in [-0.05, 0) is 18.2 Å². The van der Waals surface area contributed by atoms with E-state index in [4.69, 9.17) is 11.2 Å². The average molecular weight is 248 g/mol. The number of benzene rings is 1. The van der Waals surface area contributed by atoms with Gasteiger partial charge in [0, 0.05) is 19.0 Å². The van der Waals surface area contributed by atoms with Crippen LogP contribution in [0.3, 0.4) is 0 Å². The molecule has 0 heterocycles. The van der Waals surface area contributed by atoms with Gasteiger partial charge in [-0.1, -0.05) is 13.0 Å². The first kappa shape index (κ1) is 14.0. The van der Waals surface area contributed by atoms with E-state index in [1.165, 1.54) is 6.07 Å². The van der Waals surface area contributed by atoms with Crippen molar-refractivity contribution in [2.75, 3.05) is 13.2 Å². The van der Waals surface area contributed by atoms with E-state index >= 15 is 0 Å². The van der Waals surface area contributed by atoms with Gasteiger partial charge in [0.2, 0.25) is 0 Å². The van der Waals surface area contributed by atoms with Crippen LogP contribution in [0, 0.1) is 22.5 Å². The number of ether oxygens (including phenoxy) is 1. The van der Waals surface area contributed by atoms with E-state index in [1.807, 2.05) is 6.92 Å². The van der Waals surface area contributed by atoms with E-state index in [9.17, 15) is 10.1 Å². The number of terminal acetylenes is 1. The zero-order valence-corrected chi connectivity index (χ0v) is 10.3. The zero-order valence-electron chi connectivity index (χ0n) is 10.3. The van der Waals surface area contributed by atoms with Crippen LogP contribution in [-0.2, 0) is 6.54 Å². The molecule has 0 saturated heterocycles. The summed E-state index contributed by atoms with van der Waals surface area (Å²) in [5, 5.41) is 14.1. The predicted octanol–water partition coefficient (Wildman–Crippen LogP) is 2.11. The molecule has 1 N–H and O–H groups in total. The highest BCUT2D eigenvalue weighted by molar-refractivity contribution is 5.48. The summed E-state index contributed by atoms with van der Waals surface area (Å²) in [6.07, 6.45) is 5.52. The Labute approximate surface area is 106 Å². The Morgan fingerprint density at radius 3 is 2.94 bits per heavy atom. The minimum Gasteiger partial charge on any atom is -0.486 e. The van der Waals surface area contributed by atoms with Crippen molar-refractivity contribution in [2.45, 2.75) is 19.9 Å². The fourth-order valence-electron chi connectivity index (χ4n) is 1.43. The standard InChI is InChI=1S/C13H16N2O3/c1-3-5-8-18-13-7-6-11(10-14-4-2)9-12(13)15(16)17/h1,6-7,9,14H,4-5,8,10H2,2H3. The van der Waals surface area contributed by atoms with Crippen molar-refractivity contribution < 1.29 is 9.66 Å². The largest absolute Gasteiger partial charge is 0.486 e. The lowest BCUT2D eigenvalue weighted by molar-refractivity contribution is -0.385. The van der Waals surface area contributed by atoms with Crippen LogP contribution in [0.2, 0.25) is 0 Å². The van der Waals surface area contributed by atoms with Gasteiger partial charge in [0.15, 0.2) is 5.75 Å². The smallest absolute Gasteiger partial charge is 0.311 e. The zero-order chi connectivity index (χ0) is 13.4. The van der Waals surface area contributed by atoms with Crippen LogP contribution in [0.4, 0.5) is 5.69 Å². The van der Waals surface area contributed by atoms with Gasteiger partial charge in [0.05, 0.1) is 11.5 Å². The van der Waals surface area contributed by atoms with E-state index in [1.54, 1.807) is 12.1 Å². The molecule has 0 atom stereocenters. The first-order valence-electron chi connectivity index (χ1n) is 5.73. The van der Waals surface area contributed by atoms with Gasteiger partial charge in [-0.3, -0.25) is 10.1 Å². The lowest BCUT2D eigenvalue weighted by Crippen LogP contribution is -2.12. The molecular weight excluding hydrogens is 232 g/mol. The van der Waals surface area contributed by atoms with Crippen molar-refractivity contribution in [3.8, 4) is 18.1 Å². The molecule has 0 aromatic heterocycles. The molecule has 1 aromatic carbocycles. The van der Waals surface area contributed by atoms with E-state index < -0.39 is 4.92 Å². The summed E-state index contributed by atoms with van der Waals surface area (Å²) in [4.78, 5) is 10.5. The fourth-order valence-corrected chi connectivity index (χ4v) is 1.43. The summed E-state index contributed by atoms with van der Waals surface area (Å²) in [7, 11) is 0. The number of nitrogens with zero attached hydrogens (tertiary/aromatic N) is 1. The summed E-state index contributed by atoms with van der Waals surface area (Å²) in [6, 6.07) is 4.94. The highest BCUT2D eigenvalue weighted by Gasteiger charge is 2.15. The van der Waals surface area contributed by atoms with Gasteiger partial charge in [0.1, 0.15) is 0 Å². The van der Waals surface area contributed by atoms with E-state index in [2.05, 4.69) is 11.2 Å². The Balaban J connectivity index is 2.83. The maximum Gasteiger partial charge on any atom is 0.311 e. The second kappa shape index (κ2) is 7.30. The lowest BCUT2D eigenvalue weighted by Gasteiger charge is -2.07. The van der Waals surface area contributed by atoms with Crippen LogP contribution in [-0.4, -0.2) is 18.1 Å². The van der Waals surface area contributed by atoms with Gasteiger partial charge < -0.3 is 10.1 Å². The van der Waals surface area contributed by atoms with E-state index in [0.29, 0.717) is 13.0 Å². The third-order valence-corrected chi connectivity index (χ3v) is 2.30. The highest BCUT2D eigenvalue weighted by atomic mass is 16.6. The Bertz CT molecular complexity index is 452. The van der Waals surface area contributed by atoms with Crippen molar-refractivity contribution in [2.24, 2.45) is 0 Å². The molecule has 96 valence electrons. The summed E-state index contributed by atoms with van der Waals surface area (Å²) in [5.74, 6) is 2.68. The van der Waals surface area contributed by atoms with E-state index in [-0.39, 0.29) is 18.0 Å². The SMILES string of the molecule is C#CCCOc1ccc(CNCC)cc1[N+](=O)[O-]. The monoisotopic (exact) mass is 248 g/mol. The van der Waals surface area contributed by atoms with Crippen LogP contribution in [0.15, 0.2) is 18.2 Å². The van der Waals surface area contributed by atoms with Crippen LogP contribution >= 0.6 is 0 Å². The molecule has 0 bridgehead atoms. The normalized spacial score (nSPS) is 9.78. The molecule has 0 unspecified atom stereocenters. The molecule has 0 aliphatic rings. The van der Waals surface area contributed by atoms with Gasteiger partial charge in [0.25, 0.3) is 0 Å². The number of nitro benzene ring substituents is 1. The van der Waals surface area contributed by atoms with Crippen molar-refractivity contribution in [3.05, 3.63) is 33.9 Å². The van der Waals surface area contributed by atoms with Crippen LogP contribution in [0.25, 0.3) is 0 Å². The van der Waals surface area contributed by atoms with Crippen molar-refractivity contribution >= 4 is 5.69 Å². The molecule has 5 heteroatoms. The second-order valence-corrected chi connectivity index (χ2v) is 3.64. The summed E-state index contributed by atoms with van der Waals surface area (Å²) < 4.78 is 5.29. The lowest BCUT2D eigenvalue weighted by atomic mass is 10.2. The molecule has 0 amide bonds. The molecule has 5 nitrogen and oxygen atoms in total. The molecule has 18 heavy (non-hydrogen) atoms. The third-order valence-electron chi connectivity index (χ3n) is 2.30. The quantitative estimate of drug-likeness (QED) is 0.347. The second-order valence-electron chi connectivity index (χ2n) is 3.64. The van der Waals surface area contributed by atoms with Crippen LogP contribution in [0.5, 0.6) is 5.75 Å². The van der Waals surface area contributed by atoms with E-state index in [0.717, 1.165) is 12.1 Å². The average Bonchev–Trinajstić information content (AvgIpc) is 2.37. The summed E-state index contributed by atoms with van der Waals surface area (Å²) in [5.41, 5.74) is 0.829. The topological polar surface area (TPSA) is 64.4 Å². The molecule has 0 aliphatic carbocycles. The summed E-state index contributed by atoms with van der Waals surface area (Å²) >= 11 is 0. The van der Waals surface area contributed by atoms with Gasteiger partial charge in [-0.15, -0.1) is 12.3 Å². The number of hydrogen-bond donors (Lipinski definition) is 1. The predicted molar refractivity (Wildman–Crippen MR) is 69.4 cm³/mol. The van der Waals surface area contributed by atoms with Gasteiger partial charge >= 0.3 is 5.69 Å². The van der Waals surface area contributed by atoms with Gasteiger partial charge in [-0.25, -0.2) is 0 Å². The fraction of sp³-hybridized carbons (Fsp3) is 0.385. The van der Waals surface area contributed by atoms with Crippen molar-refractivity contribution in [1.29, 1.82) is 0 Å². The van der Waals surface area contributed by atoms with Crippen LogP contribution < -0.4 is 10.1 Å². The maximum atomic E-state index is 10.9. The molecule has 0 spiro atoms. The Morgan fingerprint density at radius 2 is 2.33 bits per heavy atom. The third kappa shape index (κ3) is 4.07. The summed E-state index contributed by atoms with van der Waals surface area (Å²) in [6.45, 7) is 3.67. The number of nitro groups is 1. The number of rotatable bonds is 7. The van der Waals surface area contributed by atoms with Gasteiger partial charge in [-0.2, -0.15) is 0 Å². The number of hydrogen-bond acceptors (Lipinski definition) is 4. The molecule has 1 rings (SSSR count). The molecule has 0 fully saturated rings. The molecular formula is C13H16N2O3. The molecule has 1 aromatic rings. The Morgan fingerprint density at radius 1 is 1.56 bits per heavy atom. The number of nitrogens with one attached hydrogen (secondary N) is 1. The Kier molecular flexibility index (Phi) is 5.68. The molecule has 0 saturated carbocycles. The minimum atomic E-state index is -0.444. The molecule has 0 aliphatic heterocycles. The first-order valence-corrected chi connectivity index (χ1v) is 5.73. The van der Waals surface area contributed by atoms with Crippen molar-refractivity contribution in [1.82, 2.24) is 5.32 Å². The van der Waals surface area contributed by atoms with Crippen LogP contribution in [0.1, 0.15) is 18.9 Å². The molecule has 0 radical (unpaired) electrons. The first-order chi connectivity index (χ1) is 8.69.